The molecule has 0 aliphatic heterocycles. The van der Waals surface area contributed by atoms with Crippen molar-refractivity contribution < 1.29 is 0 Å². The fourth-order valence-electron chi connectivity index (χ4n) is 1.21. The molecule has 0 saturated carbocycles. The molecular formula is C12H26S2. The van der Waals surface area contributed by atoms with Crippen molar-refractivity contribution in [3.05, 3.63) is 0 Å². The maximum Gasteiger partial charge on any atom is 0.00751 e. The summed E-state index contributed by atoms with van der Waals surface area (Å²) in [5.74, 6) is 3.54. The third-order valence-electron chi connectivity index (χ3n) is 2.10. The Bertz CT molecular complexity index is 127. The Balaban J connectivity index is 3.32. The standard InChI is InChI=1S/C12H26S2/c1-11(8-6-7-9-13-5)10-14-12(2,3)4/h11H,6-10H2,1-5H3. The van der Waals surface area contributed by atoms with Crippen molar-refractivity contribution in [3.8, 4) is 0 Å². The Labute approximate surface area is 99.0 Å². The van der Waals surface area contributed by atoms with Crippen LogP contribution in [-0.2, 0) is 0 Å². The molecule has 0 spiro atoms. The topological polar surface area (TPSA) is 0 Å². The molecule has 86 valence electrons. The molecular weight excluding hydrogens is 208 g/mol. The molecule has 0 fully saturated rings. The summed E-state index contributed by atoms with van der Waals surface area (Å²) in [6.07, 6.45) is 6.40. The molecule has 0 nitrogen and oxygen atoms in total. The summed E-state index contributed by atoms with van der Waals surface area (Å²) in [7, 11) is 0. The lowest BCUT2D eigenvalue weighted by atomic mass is 10.1. The molecule has 14 heavy (non-hydrogen) atoms. The zero-order valence-corrected chi connectivity index (χ0v) is 12.1. The van der Waals surface area contributed by atoms with Gasteiger partial charge in [-0.1, -0.05) is 34.1 Å². The summed E-state index contributed by atoms with van der Waals surface area (Å²) in [4.78, 5) is 0. The van der Waals surface area contributed by atoms with E-state index in [-0.39, 0.29) is 0 Å². The smallest absolute Gasteiger partial charge is 0.00751 e. The van der Waals surface area contributed by atoms with Crippen molar-refractivity contribution >= 4 is 23.5 Å². The van der Waals surface area contributed by atoms with E-state index in [1.165, 1.54) is 30.8 Å². The third-order valence-corrected chi connectivity index (χ3v) is 4.39. The lowest BCUT2D eigenvalue weighted by molar-refractivity contribution is 0.557. The molecule has 0 aliphatic carbocycles. The van der Waals surface area contributed by atoms with Crippen molar-refractivity contribution in [1.29, 1.82) is 0 Å². The van der Waals surface area contributed by atoms with Gasteiger partial charge in [-0.25, -0.2) is 0 Å². The van der Waals surface area contributed by atoms with Gasteiger partial charge in [-0.15, -0.1) is 0 Å². The SMILES string of the molecule is CSCCCCC(C)CSC(C)(C)C. The van der Waals surface area contributed by atoms with Gasteiger partial charge in [0.2, 0.25) is 0 Å². The quantitative estimate of drug-likeness (QED) is 0.586. The number of unbranched alkanes of at least 4 members (excludes halogenated alkanes) is 1. The lowest BCUT2D eigenvalue weighted by Crippen LogP contribution is -2.11. The van der Waals surface area contributed by atoms with Crippen LogP contribution in [-0.4, -0.2) is 22.5 Å². The second-order valence-electron chi connectivity index (χ2n) is 5.02. The van der Waals surface area contributed by atoms with E-state index in [1.807, 2.05) is 11.8 Å². The van der Waals surface area contributed by atoms with Gasteiger partial charge in [-0.05, 0) is 36.5 Å². The Morgan fingerprint density at radius 2 is 1.79 bits per heavy atom. The van der Waals surface area contributed by atoms with Crippen LogP contribution >= 0.6 is 23.5 Å². The fourth-order valence-corrected chi connectivity index (χ4v) is 2.66. The van der Waals surface area contributed by atoms with Crippen LogP contribution in [0.15, 0.2) is 0 Å². The van der Waals surface area contributed by atoms with Gasteiger partial charge in [0.1, 0.15) is 0 Å². The van der Waals surface area contributed by atoms with Crippen LogP contribution in [0.4, 0.5) is 0 Å². The molecule has 0 aromatic carbocycles. The van der Waals surface area contributed by atoms with Gasteiger partial charge in [0.15, 0.2) is 0 Å². The predicted octanol–water partition coefficient (Wildman–Crippen LogP) is 4.69. The molecule has 0 amide bonds. The Morgan fingerprint density at radius 3 is 2.29 bits per heavy atom. The number of rotatable bonds is 7. The number of hydrogen-bond donors (Lipinski definition) is 0. The molecule has 2 heteroatoms. The zero-order valence-electron chi connectivity index (χ0n) is 10.4. The second-order valence-corrected chi connectivity index (χ2v) is 7.85. The Morgan fingerprint density at radius 1 is 1.14 bits per heavy atom. The van der Waals surface area contributed by atoms with Crippen LogP contribution < -0.4 is 0 Å². The predicted molar refractivity (Wildman–Crippen MR) is 73.6 cm³/mol. The molecule has 0 saturated heterocycles. The molecule has 0 rings (SSSR count). The highest BCUT2D eigenvalue weighted by Gasteiger charge is 2.12. The van der Waals surface area contributed by atoms with Crippen LogP contribution in [0.3, 0.4) is 0 Å². The highest BCUT2D eigenvalue weighted by Crippen LogP contribution is 2.26. The minimum atomic E-state index is 0.438. The van der Waals surface area contributed by atoms with Gasteiger partial charge in [0.05, 0.1) is 0 Å². The van der Waals surface area contributed by atoms with Crippen molar-refractivity contribution in [2.45, 2.75) is 51.7 Å². The Kier molecular flexibility index (Phi) is 8.32. The van der Waals surface area contributed by atoms with E-state index in [4.69, 9.17) is 0 Å². The summed E-state index contributed by atoms with van der Waals surface area (Å²) in [6, 6.07) is 0. The zero-order chi connectivity index (χ0) is 11.0. The summed E-state index contributed by atoms with van der Waals surface area (Å²) in [6.45, 7) is 9.30. The van der Waals surface area contributed by atoms with E-state index in [0.717, 1.165) is 5.92 Å². The maximum absolute atomic E-state index is 2.39. The molecule has 1 atom stereocenters. The normalized spacial score (nSPS) is 14.4. The monoisotopic (exact) mass is 234 g/mol. The van der Waals surface area contributed by atoms with E-state index >= 15 is 0 Å². The van der Waals surface area contributed by atoms with E-state index in [0.29, 0.717) is 4.75 Å². The number of hydrogen-bond acceptors (Lipinski definition) is 2. The van der Waals surface area contributed by atoms with Crippen LogP contribution in [0.1, 0.15) is 47.0 Å². The first-order valence-electron chi connectivity index (χ1n) is 5.58. The highest BCUT2D eigenvalue weighted by molar-refractivity contribution is 8.00. The van der Waals surface area contributed by atoms with Crippen molar-refractivity contribution in [2.75, 3.05) is 17.8 Å². The van der Waals surface area contributed by atoms with Crippen LogP contribution in [0, 0.1) is 5.92 Å². The van der Waals surface area contributed by atoms with Gasteiger partial charge >= 0.3 is 0 Å². The van der Waals surface area contributed by atoms with Crippen molar-refractivity contribution in [1.82, 2.24) is 0 Å². The summed E-state index contributed by atoms with van der Waals surface area (Å²) in [5, 5.41) is 0. The van der Waals surface area contributed by atoms with Crippen molar-refractivity contribution in [3.63, 3.8) is 0 Å². The first-order chi connectivity index (χ1) is 6.45. The first kappa shape index (κ1) is 14.7. The van der Waals surface area contributed by atoms with E-state index in [2.05, 4.69) is 45.7 Å². The summed E-state index contributed by atoms with van der Waals surface area (Å²) < 4.78 is 0.438. The van der Waals surface area contributed by atoms with Gasteiger partial charge in [0, 0.05) is 4.75 Å². The van der Waals surface area contributed by atoms with Crippen LogP contribution in [0.25, 0.3) is 0 Å². The second kappa shape index (κ2) is 7.92. The van der Waals surface area contributed by atoms with E-state index in [9.17, 15) is 0 Å². The molecule has 0 aromatic rings. The number of thioether (sulfide) groups is 2. The van der Waals surface area contributed by atoms with Crippen LogP contribution in [0.2, 0.25) is 0 Å². The molecule has 0 radical (unpaired) electrons. The minimum Gasteiger partial charge on any atom is -0.165 e. The highest BCUT2D eigenvalue weighted by atomic mass is 32.2. The molecule has 1 unspecified atom stereocenters. The average molecular weight is 234 g/mol. The van der Waals surface area contributed by atoms with Gasteiger partial charge in [-0.2, -0.15) is 23.5 Å². The van der Waals surface area contributed by atoms with E-state index in [1.54, 1.807) is 0 Å². The average Bonchev–Trinajstić information content (AvgIpc) is 2.08. The molecule has 0 aromatic heterocycles. The summed E-state index contributed by atoms with van der Waals surface area (Å²) in [5.41, 5.74) is 0. The van der Waals surface area contributed by atoms with E-state index < -0.39 is 0 Å². The summed E-state index contributed by atoms with van der Waals surface area (Å²) >= 11 is 4.07. The third kappa shape index (κ3) is 10.8. The molecule has 0 aliphatic rings. The van der Waals surface area contributed by atoms with Gasteiger partial charge < -0.3 is 0 Å². The fraction of sp³-hybridized carbons (Fsp3) is 1.00. The van der Waals surface area contributed by atoms with Gasteiger partial charge in [0.25, 0.3) is 0 Å². The molecule has 0 bridgehead atoms. The lowest BCUT2D eigenvalue weighted by Gasteiger charge is -2.20. The largest absolute Gasteiger partial charge is 0.165 e. The molecule has 0 N–H and O–H groups in total. The first-order valence-corrected chi connectivity index (χ1v) is 7.96. The maximum atomic E-state index is 2.39. The Hall–Kier alpha value is 0.700. The van der Waals surface area contributed by atoms with Crippen molar-refractivity contribution in [2.24, 2.45) is 5.92 Å². The van der Waals surface area contributed by atoms with Gasteiger partial charge in [-0.3, -0.25) is 0 Å². The molecule has 0 heterocycles. The minimum absolute atomic E-state index is 0.438. The van der Waals surface area contributed by atoms with Crippen LogP contribution in [0.5, 0.6) is 0 Å².